The first-order valence-electron chi connectivity index (χ1n) is 6.24. The van der Waals surface area contributed by atoms with Crippen molar-refractivity contribution in [3.63, 3.8) is 0 Å². The van der Waals surface area contributed by atoms with Crippen LogP contribution < -0.4 is 5.73 Å². The van der Waals surface area contributed by atoms with Gasteiger partial charge in [-0.1, -0.05) is 11.8 Å². The van der Waals surface area contributed by atoms with Gasteiger partial charge in [-0.2, -0.15) is 73.2 Å². The third-order valence-electron chi connectivity index (χ3n) is 2.13. The van der Waals surface area contributed by atoms with E-state index in [2.05, 4.69) is 37.9 Å². The lowest BCUT2D eigenvalue weighted by atomic mass is 10.5. The third-order valence-corrected chi connectivity index (χ3v) is 9.14. The summed E-state index contributed by atoms with van der Waals surface area (Å²) in [4.78, 5) is 0. The van der Waals surface area contributed by atoms with Crippen LogP contribution in [0, 0.1) is 5.41 Å². The Morgan fingerprint density at radius 1 is 0.950 bits per heavy atom. The molecule has 0 heterocycles. The predicted molar refractivity (Wildman–Crippen MR) is 116 cm³/mol. The molecule has 0 fully saturated rings. The summed E-state index contributed by atoms with van der Waals surface area (Å²) in [6.07, 6.45) is 0. The molecule has 2 nitrogen and oxygen atoms in total. The van der Waals surface area contributed by atoms with E-state index in [1.807, 2.05) is 35.3 Å². The van der Waals surface area contributed by atoms with E-state index >= 15 is 0 Å². The Hall–Kier alpha value is 1.92. The molecular weight excluding hydrogens is 385 g/mol. The lowest BCUT2D eigenvalue weighted by molar-refractivity contribution is 1.12. The zero-order valence-corrected chi connectivity index (χ0v) is 17.3. The minimum absolute atomic E-state index is 0.212. The van der Waals surface area contributed by atoms with Crippen LogP contribution in [0.2, 0.25) is 0 Å². The van der Waals surface area contributed by atoms with E-state index in [0.717, 1.165) is 46.0 Å². The Labute approximate surface area is 156 Å². The fourth-order valence-corrected chi connectivity index (χ4v) is 6.95. The number of thiol groups is 3. The van der Waals surface area contributed by atoms with Crippen LogP contribution in [0.15, 0.2) is 0 Å². The molecule has 0 aromatic rings. The van der Waals surface area contributed by atoms with Crippen LogP contribution in [0.3, 0.4) is 0 Å². The Morgan fingerprint density at radius 2 is 1.50 bits per heavy atom. The molecule has 2 atom stereocenters. The number of hydrogen-bond donors (Lipinski definition) is 5. The SMILES string of the molecule is N=C(N)SCC(CSCC(CS)SCCS)SCCS. The van der Waals surface area contributed by atoms with E-state index in [4.69, 9.17) is 11.1 Å². The molecule has 0 spiro atoms. The zero-order chi connectivity index (χ0) is 15.2. The molecule has 3 N–H and O–H groups in total. The van der Waals surface area contributed by atoms with Crippen molar-refractivity contribution < 1.29 is 0 Å². The summed E-state index contributed by atoms with van der Waals surface area (Å²) in [5.41, 5.74) is 5.42. The van der Waals surface area contributed by atoms with E-state index in [-0.39, 0.29) is 5.17 Å². The van der Waals surface area contributed by atoms with Crippen molar-refractivity contribution >= 4 is 90.1 Å². The summed E-state index contributed by atoms with van der Waals surface area (Å²) in [7, 11) is 0. The smallest absolute Gasteiger partial charge is 0.151 e. The van der Waals surface area contributed by atoms with Gasteiger partial charge in [0.05, 0.1) is 0 Å². The van der Waals surface area contributed by atoms with E-state index in [1.54, 1.807) is 0 Å². The molecule has 20 heavy (non-hydrogen) atoms. The van der Waals surface area contributed by atoms with Gasteiger partial charge in [0.1, 0.15) is 0 Å². The standard InChI is InChI=1S/C11H24N2S7/c12-11(13)20-8-10(19-4-2-15)7-17-6-9(5-16)18-3-1-14/h9-10,14-16H,1-8H2,(H3,12,13). The van der Waals surface area contributed by atoms with E-state index < -0.39 is 0 Å². The predicted octanol–water partition coefficient (Wildman–Crippen LogP) is 3.34. The zero-order valence-electron chi connectivity index (χ0n) is 11.4. The maximum Gasteiger partial charge on any atom is 0.151 e. The van der Waals surface area contributed by atoms with Crippen molar-refractivity contribution in [1.29, 1.82) is 5.41 Å². The van der Waals surface area contributed by atoms with Crippen LogP contribution >= 0.6 is 84.9 Å². The van der Waals surface area contributed by atoms with Gasteiger partial charge in [-0.15, -0.1) is 0 Å². The molecule has 0 aliphatic rings. The van der Waals surface area contributed by atoms with Crippen molar-refractivity contribution in [1.82, 2.24) is 0 Å². The molecule has 0 bridgehead atoms. The fraction of sp³-hybridized carbons (Fsp3) is 0.909. The molecule has 0 radical (unpaired) electrons. The highest BCUT2D eigenvalue weighted by molar-refractivity contribution is 8.14. The highest BCUT2D eigenvalue weighted by Crippen LogP contribution is 2.24. The second-order valence-corrected chi connectivity index (χ2v) is 10.0. The van der Waals surface area contributed by atoms with Crippen molar-refractivity contribution in [2.24, 2.45) is 5.73 Å². The minimum atomic E-state index is 0.212. The molecule has 0 aliphatic heterocycles. The summed E-state index contributed by atoms with van der Waals surface area (Å²) < 4.78 is 0. The number of thioether (sulfide) groups is 4. The Kier molecular flexibility index (Phi) is 17.3. The largest absolute Gasteiger partial charge is 0.379 e. The van der Waals surface area contributed by atoms with Gasteiger partial charge >= 0.3 is 0 Å². The molecule has 0 aromatic heterocycles. The van der Waals surface area contributed by atoms with Crippen LogP contribution in [-0.2, 0) is 0 Å². The lowest BCUT2D eigenvalue weighted by Gasteiger charge is -2.17. The summed E-state index contributed by atoms with van der Waals surface area (Å²) in [5.74, 6) is 8.03. The molecule has 0 aromatic carbocycles. The van der Waals surface area contributed by atoms with Crippen molar-refractivity contribution in [3.8, 4) is 0 Å². The molecule has 0 aliphatic carbocycles. The minimum Gasteiger partial charge on any atom is -0.379 e. The average molecular weight is 409 g/mol. The Bertz CT molecular complexity index is 243. The number of amidine groups is 1. The first-order valence-corrected chi connectivity index (χ1v) is 12.4. The fourth-order valence-electron chi connectivity index (χ4n) is 1.25. The van der Waals surface area contributed by atoms with Gasteiger partial charge in [0, 0.05) is 45.0 Å². The van der Waals surface area contributed by atoms with Gasteiger partial charge < -0.3 is 5.73 Å². The Balaban J connectivity index is 3.93. The van der Waals surface area contributed by atoms with Crippen LogP contribution in [0.4, 0.5) is 0 Å². The third kappa shape index (κ3) is 13.6. The number of nitrogens with one attached hydrogen (secondary N) is 1. The molecule has 9 heteroatoms. The quantitative estimate of drug-likeness (QED) is 0.184. The van der Waals surface area contributed by atoms with Crippen molar-refractivity contribution in [2.45, 2.75) is 10.5 Å². The first-order chi connectivity index (χ1) is 9.63. The molecule has 0 rings (SSSR count). The van der Waals surface area contributed by atoms with Crippen LogP contribution in [0.5, 0.6) is 0 Å². The van der Waals surface area contributed by atoms with Gasteiger partial charge in [-0.3, -0.25) is 5.41 Å². The molecule has 0 saturated carbocycles. The van der Waals surface area contributed by atoms with Gasteiger partial charge in [-0.25, -0.2) is 0 Å². The van der Waals surface area contributed by atoms with E-state index in [9.17, 15) is 0 Å². The molecule has 0 amide bonds. The van der Waals surface area contributed by atoms with Crippen LogP contribution in [-0.4, -0.2) is 61.7 Å². The monoisotopic (exact) mass is 408 g/mol. The van der Waals surface area contributed by atoms with E-state index in [0.29, 0.717) is 10.5 Å². The number of nitrogens with two attached hydrogens (primary N) is 1. The van der Waals surface area contributed by atoms with Crippen LogP contribution in [0.1, 0.15) is 0 Å². The Morgan fingerprint density at radius 3 is 2.00 bits per heavy atom. The topological polar surface area (TPSA) is 49.9 Å². The second-order valence-electron chi connectivity index (χ2n) is 3.83. The van der Waals surface area contributed by atoms with Crippen LogP contribution in [0.25, 0.3) is 0 Å². The molecule has 0 saturated heterocycles. The highest BCUT2D eigenvalue weighted by atomic mass is 32.2. The average Bonchev–Trinajstić information content (AvgIpc) is 2.44. The number of hydrogen-bond acceptors (Lipinski definition) is 8. The summed E-state index contributed by atoms with van der Waals surface area (Å²) in [5, 5.41) is 8.66. The summed E-state index contributed by atoms with van der Waals surface area (Å²) in [6.45, 7) is 0. The number of rotatable bonds is 13. The van der Waals surface area contributed by atoms with E-state index in [1.165, 1.54) is 11.8 Å². The van der Waals surface area contributed by atoms with Crippen molar-refractivity contribution in [2.75, 3.05) is 46.0 Å². The lowest BCUT2D eigenvalue weighted by Crippen LogP contribution is -2.17. The van der Waals surface area contributed by atoms with Gasteiger partial charge in [0.2, 0.25) is 0 Å². The maximum atomic E-state index is 7.30. The molecule has 2 unspecified atom stereocenters. The maximum absolute atomic E-state index is 7.30. The van der Waals surface area contributed by atoms with Gasteiger partial charge in [-0.05, 0) is 11.5 Å². The molecular formula is C11H24N2S7. The first kappa shape index (κ1) is 21.9. The second kappa shape index (κ2) is 15.8. The van der Waals surface area contributed by atoms with Gasteiger partial charge in [0.15, 0.2) is 5.17 Å². The highest BCUT2D eigenvalue weighted by Gasteiger charge is 2.13. The normalized spacial score (nSPS) is 14.2. The molecule has 120 valence electrons. The summed E-state index contributed by atoms with van der Waals surface area (Å²) in [6, 6.07) is 0. The van der Waals surface area contributed by atoms with Gasteiger partial charge in [0.25, 0.3) is 0 Å². The van der Waals surface area contributed by atoms with Crippen molar-refractivity contribution in [3.05, 3.63) is 0 Å². The summed E-state index contributed by atoms with van der Waals surface area (Å²) >= 11 is 20.2.